The second-order valence-electron chi connectivity index (χ2n) is 6.53. The summed E-state index contributed by atoms with van der Waals surface area (Å²) in [4.78, 5) is 25.8. The maximum atomic E-state index is 12.7. The van der Waals surface area contributed by atoms with Crippen LogP contribution in [0.1, 0.15) is 16.7 Å². The van der Waals surface area contributed by atoms with Crippen molar-refractivity contribution in [3.8, 4) is 5.75 Å². The molecular weight excluding hydrogens is 356 g/mol. The molecule has 0 heterocycles. The number of benzene rings is 2. The number of para-hydroxylation sites is 1. The molecule has 148 valence electrons. The molecule has 0 fully saturated rings. The molecule has 0 spiro atoms. The highest BCUT2D eigenvalue weighted by Gasteiger charge is 2.21. The third-order valence-electron chi connectivity index (χ3n) is 4.41. The van der Waals surface area contributed by atoms with Gasteiger partial charge in [0.15, 0.2) is 0 Å². The van der Waals surface area contributed by atoms with Gasteiger partial charge in [0.1, 0.15) is 12.4 Å². The molecule has 2 aromatic carbocycles. The number of likely N-dealkylation sites (N-methyl/N-ethyl adjacent to an activating group) is 1. The first kappa shape index (κ1) is 21.2. The Morgan fingerprint density at radius 1 is 1.18 bits per heavy atom. The summed E-state index contributed by atoms with van der Waals surface area (Å²) < 4.78 is 9.99. The molecule has 0 aliphatic carbocycles. The topological polar surface area (TPSA) is 81.9 Å². The molecule has 0 saturated carbocycles. The molecule has 2 N–H and O–H groups in total. The Morgan fingerprint density at radius 2 is 1.79 bits per heavy atom. The van der Waals surface area contributed by atoms with E-state index >= 15 is 0 Å². The van der Waals surface area contributed by atoms with Gasteiger partial charge in [-0.15, -0.1) is 0 Å². The Morgan fingerprint density at radius 3 is 2.36 bits per heavy atom. The van der Waals surface area contributed by atoms with Crippen molar-refractivity contribution in [1.29, 1.82) is 0 Å². The molecule has 28 heavy (non-hydrogen) atoms. The Hall–Kier alpha value is -3.12. The minimum atomic E-state index is -0.789. The molecule has 6 heteroatoms. The monoisotopic (exact) mass is 382 g/mol. The van der Waals surface area contributed by atoms with Crippen molar-refractivity contribution in [2.45, 2.75) is 26.3 Å². The van der Waals surface area contributed by atoms with Gasteiger partial charge >= 0.3 is 6.16 Å². The van der Waals surface area contributed by atoms with Gasteiger partial charge in [-0.2, -0.15) is 0 Å². The Labute approximate surface area is 165 Å². The lowest BCUT2D eigenvalue weighted by Crippen LogP contribution is -2.43. The van der Waals surface area contributed by atoms with Crippen molar-refractivity contribution in [2.75, 3.05) is 18.6 Å². The van der Waals surface area contributed by atoms with Gasteiger partial charge in [-0.05, 0) is 61.2 Å². The van der Waals surface area contributed by atoms with Crippen LogP contribution < -0.4 is 15.4 Å². The van der Waals surface area contributed by atoms with Gasteiger partial charge in [0.2, 0.25) is 5.91 Å². The Kier molecular flexibility index (Phi) is 7.35. The van der Waals surface area contributed by atoms with Gasteiger partial charge in [0, 0.05) is 12.7 Å². The molecule has 2 rings (SSSR count). The number of nitrogens with two attached hydrogens (primary N) is 1. The quantitative estimate of drug-likeness (QED) is 0.450. The van der Waals surface area contributed by atoms with Crippen molar-refractivity contribution < 1.29 is 19.1 Å². The van der Waals surface area contributed by atoms with Crippen LogP contribution in [0.15, 0.2) is 55.1 Å². The summed E-state index contributed by atoms with van der Waals surface area (Å²) >= 11 is 0. The van der Waals surface area contributed by atoms with Crippen LogP contribution in [0.25, 0.3) is 0 Å². The fourth-order valence-electron chi connectivity index (χ4n) is 2.92. The third kappa shape index (κ3) is 5.44. The second kappa shape index (κ2) is 9.71. The molecule has 1 amide bonds. The lowest BCUT2D eigenvalue weighted by atomic mass is 9.95. The molecule has 0 aliphatic heterocycles. The van der Waals surface area contributed by atoms with E-state index in [4.69, 9.17) is 15.2 Å². The molecule has 0 unspecified atom stereocenters. The summed E-state index contributed by atoms with van der Waals surface area (Å²) in [7, 11) is 1.71. The zero-order chi connectivity index (χ0) is 20.7. The fraction of sp³-hybridized carbons (Fsp3) is 0.273. The number of carbonyl (C=O) groups excluding carboxylic acids is 2. The van der Waals surface area contributed by atoms with Crippen LogP contribution in [0.3, 0.4) is 0 Å². The predicted octanol–water partition coefficient (Wildman–Crippen LogP) is 3.54. The van der Waals surface area contributed by atoms with Crippen LogP contribution in [-0.2, 0) is 16.0 Å². The minimum Gasteiger partial charge on any atom is -0.430 e. The van der Waals surface area contributed by atoms with E-state index in [1.165, 1.54) is 6.08 Å². The Bertz CT molecular complexity index is 826. The zero-order valence-corrected chi connectivity index (χ0v) is 16.5. The lowest BCUT2D eigenvalue weighted by molar-refractivity contribution is -0.119. The fourth-order valence-corrected chi connectivity index (χ4v) is 2.92. The highest BCUT2D eigenvalue weighted by Crippen LogP contribution is 2.24. The highest BCUT2D eigenvalue weighted by atomic mass is 16.7. The average Bonchev–Trinajstić information content (AvgIpc) is 2.68. The van der Waals surface area contributed by atoms with Crippen molar-refractivity contribution in [1.82, 2.24) is 0 Å². The summed E-state index contributed by atoms with van der Waals surface area (Å²) in [6.45, 7) is 7.34. The number of aryl methyl sites for hydroxylation is 2. The number of hydrogen-bond donors (Lipinski definition) is 1. The summed E-state index contributed by atoms with van der Waals surface area (Å²) in [5.41, 5.74) is 9.71. The summed E-state index contributed by atoms with van der Waals surface area (Å²) in [5.74, 6) is 0.215. The largest absolute Gasteiger partial charge is 0.514 e. The van der Waals surface area contributed by atoms with E-state index in [-0.39, 0.29) is 12.5 Å². The van der Waals surface area contributed by atoms with E-state index in [1.807, 2.05) is 44.2 Å². The molecule has 6 nitrogen and oxygen atoms in total. The Balaban J connectivity index is 2.09. The molecule has 0 saturated heterocycles. The summed E-state index contributed by atoms with van der Waals surface area (Å²) in [6.07, 6.45) is 1.06. The SMILES string of the molecule is C=CCOC(=O)Oc1cc(C)c(C[C@@H](N)C(=O)N(C)c2ccccc2)c(C)c1. The van der Waals surface area contributed by atoms with Gasteiger partial charge in [0.25, 0.3) is 0 Å². The molecular formula is C22H26N2O4. The number of nitrogens with zero attached hydrogens (tertiary/aromatic N) is 1. The van der Waals surface area contributed by atoms with E-state index in [9.17, 15) is 9.59 Å². The summed E-state index contributed by atoms with van der Waals surface area (Å²) in [6, 6.07) is 12.1. The van der Waals surface area contributed by atoms with Crippen LogP contribution in [-0.4, -0.2) is 31.8 Å². The first-order valence-corrected chi connectivity index (χ1v) is 8.97. The summed E-state index contributed by atoms with van der Waals surface area (Å²) in [5, 5.41) is 0. The molecule has 0 bridgehead atoms. The predicted molar refractivity (Wildman–Crippen MR) is 110 cm³/mol. The van der Waals surface area contributed by atoms with Crippen LogP contribution in [0.5, 0.6) is 5.75 Å². The smallest absolute Gasteiger partial charge is 0.430 e. The van der Waals surface area contributed by atoms with Gasteiger partial charge < -0.3 is 20.1 Å². The van der Waals surface area contributed by atoms with Crippen LogP contribution in [0.4, 0.5) is 10.5 Å². The van der Waals surface area contributed by atoms with Crippen LogP contribution >= 0.6 is 0 Å². The lowest BCUT2D eigenvalue weighted by Gasteiger charge is -2.22. The second-order valence-corrected chi connectivity index (χ2v) is 6.53. The van der Waals surface area contributed by atoms with E-state index in [1.54, 1.807) is 24.1 Å². The van der Waals surface area contributed by atoms with Crippen molar-refractivity contribution in [3.05, 3.63) is 71.8 Å². The normalized spacial score (nSPS) is 11.4. The van der Waals surface area contributed by atoms with Crippen molar-refractivity contribution >= 4 is 17.7 Å². The van der Waals surface area contributed by atoms with Crippen molar-refractivity contribution in [3.63, 3.8) is 0 Å². The first-order valence-electron chi connectivity index (χ1n) is 8.97. The van der Waals surface area contributed by atoms with E-state index in [0.29, 0.717) is 12.2 Å². The maximum Gasteiger partial charge on any atom is 0.514 e. The average molecular weight is 382 g/mol. The maximum absolute atomic E-state index is 12.7. The van der Waals surface area contributed by atoms with Gasteiger partial charge in [0.05, 0.1) is 6.04 Å². The molecule has 2 aromatic rings. The number of amides is 1. The number of carbonyl (C=O) groups is 2. The number of hydrogen-bond acceptors (Lipinski definition) is 5. The van der Waals surface area contributed by atoms with Crippen LogP contribution in [0.2, 0.25) is 0 Å². The third-order valence-corrected chi connectivity index (χ3v) is 4.41. The molecule has 0 aliphatic rings. The van der Waals surface area contributed by atoms with Gasteiger partial charge in [-0.25, -0.2) is 4.79 Å². The van der Waals surface area contributed by atoms with Gasteiger partial charge in [-0.3, -0.25) is 4.79 Å². The van der Waals surface area contributed by atoms with Crippen molar-refractivity contribution in [2.24, 2.45) is 5.73 Å². The molecule has 0 aromatic heterocycles. The van der Waals surface area contributed by atoms with Gasteiger partial charge in [-0.1, -0.05) is 30.9 Å². The molecule has 1 atom stereocenters. The standard InChI is InChI=1S/C22H26N2O4/c1-5-11-27-22(26)28-18-12-15(2)19(16(3)13-18)14-20(23)21(25)24(4)17-9-7-6-8-10-17/h5-10,12-13,20H,1,11,14,23H2,2-4H3/t20-/m1/s1. The number of ether oxygens (including phenoxy) is 2. The highest BCUT2D eigenvalue weighted by molar-refractivity contribution is 5.96. The minimum absolute atomic E-state index is 0.0841. The van der Waals surface area contributed by atoms with E-state index in [2.05, 4.69) is 6.58 Å². The van der Waals surface area contributed by atoms with E-state index in [0.717, 1.165) is 22.4 Å². The van der Waals surface area contributed by atoms with Crippen LogP contribution in [0, 0.1) is 13.8 Å². The first-order chi connectivity index (χ1) is 13.3. The number of anilines is 1. The van der Waals surface area contributed by atoms with E-state index < -0.39 is 12.2 Å². The zero-order valence-electron chi connectivity index (χ0n) is 16.5. The molecule has 0 radical (unpaired) electrons. The number of rotatable bonds is 7.